The minimum Gasteiger partial charge on any atom is -0.493 e. The third-order valence-corrected chi connectivity index (χ3v) is 2.56. The van der Waals surface area contributed by atoms with Crippen LogP contribution < -0.4 is 14.8 Å². The summed E-state index contributed by atoms with van der Waals surface area (Å²) in [4.78, 5) is 33.2. The Kier molecular flexibility index (Phi) is 5.47. The van der Waals surface area contributed by atoms with E-state index in [-0.39, 0.29) is 17.1 Å². The predicted octanol–water partition coefficient (Wildman–Crippen LogP) is 0.515. The summed E-state index contributed by atoms with van der Waals surface area (Å²) >= 11 is 0. The van der Waals surface area contributed by atoms with Gasteiger partial charge in [-0.05, 0) is 0 Å². The van der Waals surface area contributed by atoms with Gasteiger partial charge in [0.2, 0.25) is 0 Å². The van der Waals surface area contributed by atoms with Gasteiger partial charge in [-0.1, -0.05) is 0 Å². The van der Waals surface area contributed by atoms with Gasteiger partial charge in [0.15, 0.2) is 11.5 Å². The maximum Gasteiger partial charge on any atom is 0.325 e. The van der Waals surface area contributed by atoms with Crippen LogP contribution in [0.5, 0.6) is 11.5 Å². The molecule has 0 aliphatic carbocycles. The number of hydrogen-bond acceptors (Lipinski definition) is 7. The fraction of sp³-hybridized carbons (Fsp3) is 0.333. The Bertz CT molecular complexity index is 571. The average molecular weight is 298 g/mol. The Morgan fingerprint density at radius 3 is 2.24 bits per heavy atom. The molecule has 0 aromatic heterocycles. The van der Waals surface area contributed by atoms with Gasteiger partial charge in [0.25, 0.3) is 11.6 Å². The first kappa shape index (κ1) is 16.2. The lowest BCUT2D eigenvalue weighted by molar-refractivity contribution is -0.385. The third kappa shape index (κ3) is 3.81. The Hall–Kier alpha value is -2.84. The molecule has 114 valence electrons. The highest BCUT2D eigenvalue weighted by molar-refractivity contribution is 6.00. The Morgan fingerprint density at radius 1 is 1.19 bits per heavy atom. The van der Waals surface area contributed by atoms with Crippen LogP contribution in [0, 0.1) is 10.1 Å². The summed E-state index contributed by atoms with van der Waals surface area (Å²) in [5.74, 6) is -1.19. The lowest BCUT2D eigenvalue weighted by Gasteiger charge is -2.10. The van der Waals surface area contributed by atoms with E-state index in [9.17, 15) is 19.7 Å². The number of nitro groups is 1. The van der Waals surface area contributed by atoms with Gasteiger partial charge in [0, 0.05) is 6.07 Å². The smallest absolute Gasteiger partial charge is 0.325 e. The first-order valence-corrected chi connectivity index (χ1v) is 5.70. The average Bonchev–Trinajstić information content (AvgIpc) is 2.50. The van der Waals surface area contributed by atoms with E-state index in [1.54, 1.807) is 0 Å². The molecule has 0 aliphatic rings. The van der Waals surface area contributed by atoms with E-state index < -0.39 is 29.0 Å². The third-order valence-electron chi connectivity index (χ3n) is 2.56. The van der Waals surface area contributed by atoms with Gasteiger partial charge in [-0.3, -0.25) is 19.7 Å². The summed E-state index contributed by atoms with van der Waals surface area (Å²) in [5, 5.41) is 13.2. The molecule has 9 nitrogen and oxygen atoms in total. The largest absolute Gasteiger partial charge is 0.493 e. The van der Waals surface area contributed by atoms with Gasteiger partial charge in [-0.15, -0.1) is 0 Å². The van der Waals surface area contributed by atoms with E-state index in [1.165, 1.54) is 20.3 Å². The first-order chi connectivity index (χ1) is 9.94. The van der Waals surface area contributed by atoms with E-state index in [0.717, 1.165) is 13.2 Å². The second-order valence-corrected chi connectivity index (χ2v) is 3.74. The second kappa shape index (κ2) is 7.08. The number of carbonyl (C=O) groups is 2. The molecule has 1 N–H and O–H groups in total. The zero-order valence-electron chi connectivity index (χ0n) is 11.7. The van der Waals surface area contributed by atoms with Crippen LogP contribution in [0.3, 0.4) is 0 Å². The number of nitrogens with zero attached hydrogens (tertiary/aromatic N) is 1. The van der Waals surface area contributed by atoms with E-state index in [2.05, 4.69) is 10.1 Å². The van der Waals surface area contributed by atoms with Crippen molar-refractivity contribution in [3.63, 3.8) is 0 Å². The van der Waals surface area contributed by atoms with Crippen molar-refractivity contribution in [1.82, 2.24) is 5.32 Å². The highest BCUT2D eigenvalue weighted by Crippen LogP contribution is 2.34. The number of esters is 1. The van der Waals surface area contributed by atoms with Crippen LogP contribution in [-0.4, -0.2) is 44.7 Å². The maximum absolute atomic E-state index is 11.9. The second-order valence-electron chi connectivity index (χ2n) is 3.74. The number of rotatable bonds is 6. The summed E-state index contributed by atoms with van der Waals surface area (Å²) in [5.41, 5.74) is -0.712. The summed E-state index contributed by atoms with van der Waals surface area (Å²) < 4.78 is 14.3. The van der Waals surface area contributed by atoms with Crippen LogP contribution in [0.25, 0.3) is 0 Å². The lowest BCUT2D eigenvalue weighted by Crippen LogP contribution is -2.30. The summed E-state index contributed by atoms with van der Waals surface area (Å²) in [6.07, 6.45) is 0. The standard InChI is InChI=1S/C12H14N2O7/c1-19-9-4-7(12(16)13-6-11(15)21-3)8(14(17)18)5-10(9)20-2/h4-5H,6H2,1-3H3,(H,13,16). The zero-order chi connectivity index (χ0) is 16.0. The van der Waals surface area contributed by atoms with Gasteiger partial charge in [0.1, 0.15) is 12.1 Å². The highest BCUT2D eigenvalue weighted by atomic mass is 16.6. The molecule has 0 fully saturated rings. The van der Waals surface area contributed by atoms with Gasteiger partial charge in [0.05, 0.1) is 32.3 Å². The SMILES string of the molecule is COC(=O)CNC(=O)c1cc(OC)c(OC)cc1[N+](=O)[O-]. The number of benzene rings is 1. The number of carbonyl (C=O) groups excluding carboxylic acids is 2. The number of methoxy groups -OCH3 is 3. The molecule has 1 rings (SSSR count). The quantitative estimate of drug-likeness (QED) is 0.462. The van der Waals surface area contributed by atoms with Crippen molar-refractivity contribution in [2.24, 2.45) is 0 Å². The summed E-state index contributed by atoms with van der Waals surface area (Å²) in [6, 6.07) is 2.25. The highest BCUT2D eigenvalue weighted by Gasteiger charge is 2.24. The van der Waals surface area contributed by atoms with Crippen molar-refractivity contribution in [1.29, 1.82) is 0 Å². The Labute approximate surface area is 119 Å². The molecule has 0 saturated carbocycles. The van der Waals surface area contributed by atoms with Crippen LogP contribution >= 0.6 is 0 Å². The van der Waals surface area contributed by atoms with Crippen molar-refractivity contribution in [3.05, 3.63) is 27.8 Å². The first-order valence-electron chi connectivity index (χ1n) is 5.70. The lowest BCUT2D eigenvalue weighted by atomic mass is 10.1. The summed E-state index contributed by atoms with van der Waals surface area (Å²) in [6.45, 7) is -0.402. The van der Waals surface area contributed by atoms with Crippen LogP contribution in [0.1, 0.15) is 10.4 Å². The zero-order valence-corrected chi connectivity index (χ0v) is 11.7. The molecule has 1 aromatic rings. The van der Waals surface area contributed by atoms with Gasteiger partial charge < -0.3 is 19.5 Å². The van der Waals surface area contributed by atoms with Crippen LogP contribution in [-0.2, 0) is 9.53 Å². The predicted molar refractivity (Wildman–Crippen MR) is 70.5 cm³/mol. The fourth-order valence-electron chi connectivity index (χ4n) is 1.52. The van der Waals surface area contributed by atoms with Crippen LogP contribution in [0.15, 0.2) is 12.1 Å². The molecule has 21 heavy (non-hydrogen) atoms. The normalized spacial score (nSPS) is 9.67. The minimum absolute atomic E-state index is 0.119. The molecule has 1 amide bonds. The Balaban J connectivity index is 3.17. The number of nitrogens with one attached hydrogen (secondary N) is 1. The summed E-state index contributed by atoms with van der Waals surface area (Å²) in [7, 11) is 3.81. The molecule has 0 aliphatic heterocycles. The van der Waals surface area contributed by atoms with E-state index in [4.69, 9.17) is 9.47 Å². The number of amides is 1. The fourth-order valence-corrected chi connectivity index (χ4v) is 1.52. The van der Waals surface area contributed by atoms with Crippen molar-refractivity contribution in [3.8, 4) is 11.5 Å². The van der Waals surface area contributed by atoms with Crippen molar-refractivity contribution < 1.29 is 28.7 Å². The Morgan fingerprint density at radius 2 is 1.76 bits per heavy atom. The van der Waals surface area contributed by atoms with Crippen LogP contribution in [0.2, 0.25) is 0 Å². The monoisotopic (exact) mass is 298 g/mol. The number of nitro benzene ring substituents is 1. The van der Waals surface area contributed by atoms with Gasteiger partial charge >= 0.3 is 5.97 Å². The topological polar surface area (TPSA) is 117 Å². The molecule has 0 radical (unpaired) electrons. The molecular formula is C12H14N2O7. The maximum atomic E-state index is 11.9. The molecular weight excluding hydrogens is 284 g/mol. The van der Waals surface area contributed by atoms with Crippen molar-refractivity contribution in [2.45, 2.75) is 0 Å². The molecule has 1 aromatic carbocycles. The molecule has 0 unspecified atom stereocenters. The molecule has 0 saturated heterocycles. The van der Waals surface area contributed by atoms with Gasteiger partial charge in [-0.2, -0.15) is 0 Å². The van der Waals surface area contributed by atoms with Crippen molar-refractivity contribution >= 4 is 17.6 Å². The van der Waals surface area contributed by atoms with Crippen LogP contribution in [0.4, 0.5) is 5.69 Å². The molecule has 0 heterocycles. The molecule has 0 spiro atoms. The van der Waals surface area contributed by atoms with Gasteiger partial charge in [-0.25, -0.2) is 0 Å². The van der Waals surface area contributed by atoms with E-state index >= 15 is 0 Å². The number of ether oxygens (including phenoxy) is 3. The van der Waals surface area contributed by atoms with E-state index in [0.29, 0.717) is 0 Å². The minimum atomic E-state index is -0.798. The molecule has 9 heteroatoms. The molecule has 0 bridgehead atoms. The number of hydrogen-bond donors (Lipinski definition) is 1. The van der Waals surface area contributed by atoms with Crippen molar-refractivity contribution in [2.75, 3.05) is 27.9 Å². The van der Waals surface area contributed by atoms with E-state index in [1.807, 2.05) is 0 Å². The molecule has 0 atom stereocenters.